The molecule has 22 heavy (non-hydrogen) atoms. The van der Waals surface area contributed by atoms with Crippen molar-refractivity contribution in [2.24, 2.45) is 0 Å². The minimum atomic E-state index is 0.135. The van der Waals surface area contributed by atoms with Crippen molar-refractivity contribution in [2.75, 3.05) is 45.2 Å². The summed E-state index contributed by atoms with van der Waals surface area (Å²) in [5.41, 5.74) is 2.52. The number of nitrogens with zero attached hydrogens (tertiary/aromatic N) is 2. The monoisotopic (exact) mass is 321 g/mol. The zero-order valence-electron chi connectivity index (χ0n) is 13.7. The number of piperazine rings is 1. The van der Waals surface area contributed by atoms with Crippen LogP contribution in [0.25, 0.3) is 0 Å². The van der Waals surface area contributed by atoms with E-state index in [2.05, 4.69) is 46.4 Å². The molecule has 1 aromatic carbocycles. The van der Waals surface area contributed by atoms with Crippen molar-refractivity contribution in [3.63, 3.8) is 0 Å². The first-order valence-corrected chi connectivity index (χ1v) is 9.31. The third kappa shape index (κ3) is 5.99. The predicted octanol–water partition coefficient (Wildman–Crippen LogP) is 1.80. The molecule has 0 radical (unpaired) electrons. The molecule has 0 unspecified atom stereocenters. The maximum absolute atomic E-state index is 11.6. The second kappa shape index (κ2) is 9.18. The van der Waals surface area contributed by atoms with Crippen molar-refractivity contribution in [1.29, 1.82) is 0 Å². The largest absolute Gasteiger partial charge is 0.352 e. The number of nitrogens with one attached hydrogen (secondary N) is 1. The van der Waals surface area contributed by atoms with Crippen LogP contribution in [0.3, 0.4) is 0 Å². The highest BCUT2D eigenvalue weighted by Crippen LogP contribution is 2.10. The van der Waals surface area contributed by atoms with E-state index in [0.717, 1.165) is 38.5 Å². The molecule has 122 valence electrons. The van der Waals surface area contributed by atoms with E-state index in [1.54, 1.807) is 11.8 Å². The number of hydrogen-bond donors (Lipinski definition) is 1. The topological polar surface area (TPSA) is 35.6 Å². The number of hydrogen-bond acceptors (Lipinski definition) is 4. The quantitative estimate of drug-likeness (QED) is 0.831. The number of likely N-dealkylation sites (N-methyl/N-ethyl adjacent to an activating group) is 1. The summed E-state index contributed by atoms with van der Waals surface area (Å²) in [6.07, 6.45) is 2.62. The lowest BCUT2D eigenvalue weighted by atomic mass is 10.1. The molecule has 0 spiro atoms. The first kappa shape index (κ1) is 17.3. The summed E-state index contributed by atoms with van der Waals surface area (Å²) in [6.45, 7) is 6.24. The first-order valence-electron chi connectivity index (χ1n) is 7.91. The van der Waals surface area contributed by atoms with Crippen LogP contribution in [0.15, 0.2) is 24.3 Å². The van der Waals surface area contributed by atoms with Gasteiger partial charge in [-0.3, -0.25) is 9.69 Å². The van der Waals surface area contributed by atoms with Crippen LogP contribution in [0.5, 0.6) is 0 Å². The van der Waals surface area contributed by atoms with Crippen LogP contribution in [0.1, 0.15) is 17.5 Å². The molecule has 1 aliphatic rings. The number of amides is 1. The van der Waals surface area contributed by atoms with E-state index in [9.17, 15) is 4.79 Å². The average molecular weight is 321 g/mol. The molecule has 1 aromatic rings. The van der Waals surface area contributed by atoms with E-state index < -0.39 is 0 Å². The molecule has 1 amide bonds. The Morgan fingerprint density at radius 1 is 1.14 bits per heavy atom. The van der Waals surface area contributed by atoms with Crippen molar-refractivity contribution >= 4 is 17.7 Å². The van der Waals surface area contributed by atoms with Gasteiger partial charge in [-0.2, -0.15) is 11.8 Å². The molecule has 2 rings (SSSR count). The zero-order chi connectivity index (χ0) is 15.8. The fourth-order valence-electron chi connectivity index (χ4n) is 2.51. The number of thioether (sulfide) groups is 1. The molecule has 0 aliphatic carbocycles. The van der Waals surface area contributed by atoms with Gasteiger partial charge in [-0.25, -0.2) is 0 Å². The summed E-state index contributed by atoms with van der Waals surface area (Å²) >= 11 is 1.70. The summed E-state index contributed by atoms with van der Waals surface area (Å²) in [5.74, 6) is 1.02. The lowest BCUT2D eigenvalue weighted by Gasteiger charge is -2.32. The van der Waals surface area contributed by atoms with Crippen LogP contribution in [-0.4, -0.2) is 60.9 Å². The van der Waals surface area contributed by atoms with Crippen molar-refractivity contribution in [2.45, 2.75) is 19.5 Å². The van der Waals surface area contributed by atoms with Crippen LogP contribution in [-0.2, 0) is 17.9 Å². The van der Waals surface area contributed by atoms with E-state index in [0.29, 0.717) is 13.0 Å². The number of rotatable bonds is 7. The summed E-state index contributed by atoms with van der Waals surface area (Å²) in [6, 6.07) is 8.61. The summed E-state index contributed by atoms with van der Waals surface area (Å²) in [7, 11) is 2.18. The second-order valence-corrected chi connectivity index (χ2v) is 6.90. The minimum absolute atomic E-state index is 0.135. The molecule has 1 aliphatic heterocycles. The lowest BCUT2D eigenvalue weighted by Crippen LogP contribution is -2.43. The molecular weight excluding hydrogens is 294 g/mol. The summed E-state index contributed by atoms with van der Waals surface area (Å²) < 4.78 is 0. The molecule has 0 aromatic heterocycles. The van der Waals surface area contributed by atoms with E-state index in [1.807, 2.05) is 6.26 Å². The summed E-state index contributed by atoms with van der Waals surface area (Å²) in [4.78, 5) is 16.5. The molecule has 1 fully saturated rings. The van der Waals surface area contributed by atoms with Gasteiger partial charge in [-0.15, -0.1) is 0 Å². The van der Waals surface area contributed by atoms with Gasteiger partial charge in [-0.1, -0.05) is 24.3 Å². The molecule has 5 heteroatoms. The van der Waals surface area contributed by atoms with Gasteiger partial charge >= 0.3 is 0 Å². The third-order valence-electron chi connectivity index (χ3n) is 4.05. The van der Waals surface area contributed by atoms with Gasteiger partial charge in [0.2, 0.25) is 5.91 Å². The number of benzene rings is 1. The minimum Gasteiger partial charge on any atom is -0.352 e. The van der Waals surface area contributed by atoms with Gasteiger partial charge in [-0.05, 0) is 24.4 Å². The molecule has 0 bridgehead atoms. The molecule has 4 nitrogen and oxygen atoms in total. The highest BCUT2D eigenvalue weighted by molar-refractivity contribution is 7.98. The predicted molar refractivity (Wildman–Crippen MR) is 94.1 cm³/mol. The standard InChI is InChI=1S/C17H27N3OS/c1-19-8-10-20(11-9-19)14-16-5-3-15(4-6-16)13-18-17(21)7-12-22-2/h3-6H,7-14H2,1-2H3,(H,18,21). The fraction of sp³-hybridized carbons (Fsp3) is 0.588. The molecule has 1 saturated heterocycles. The Hall–Kier alpha value is -1.04. The zero-order valence-corrected chi connectivity index (χ0v) is 14.5. The number of carbonyl (C=O) groups excluding carboxylic acids is 1. The second-order valence-electron chi connectivity index (χ2n) is 5.92. The SMILES string of the molecule is CSCCC(=O)NCc1ccc(CN2CCN(C)CC2)cc1. The van der Waals surface area contributed by atoms with E-state index in [1.165, 1.54) is 11.1 Å². The van der Waals surface area contributed by atoms with Gasteiger partial charge in [0.1, 0.15) is 0 Å². The van der Waals surface area contributed by atoms with Crippen LogP contribution < -0.4 is 5.32 Å². The van der Waals surface area contributed by atoms with Crippen LogP contribution in [0.4, 0.5) is 0 Å². The maximum atomic E-state index is 11.6. The molecule has 1 heterocycles. The molecule has 0 atom stereocenters. The van der Waals surface area contributed by atoms with Crippen LogP contribution in [0.2, 0.25) is 0 Å². The maximum Gasteiger partial charge on any atom is 0.221 e. The lowest BCUT2D eigenvalue weighted by molar-refractivity contribution is -0.120. The number of carbonyl (C=O) groups is 1. The van der Waals surface area contributed by atoms with E-state index in [-0.39, 0.29) is 5.91 Å². The van der Waals surface area contributed by atoms with Crippen molar-refractivity contribution in [3.05, 3.63) is 35.4 Å². The fourth-order valence-corrected chi connectivity index (χ4v) is 2.90. The molecular formula is C17H27N3OS. The van der Waals surface area contributed by atoms with Crippen molar-refractivity contribution in [3.8, 4) is 0 Å². The Morgan fingerprint density at radius 3 is 2.41 bits per heavy atom. The van der Waals surface area contributed by atoms with E-state index in [4.69, 9.17) is 0 Å². The molecule has 1 N–H and O–H groups in total. The normalized spacial score (nSPS) is 16.6. The average Bonchev–Trinajstić information content (AvgIpc) is 2.54. The first-order chi connectivity index (χ1) is 10.7. The van der Waals surface area contributed by atoms with Gasteiger partial charge in [0.05, 0.1) is 0 Å². The van der Waals surface area contributed by atoms with Crippen molar-refractivity contribution < 1.29 is 4.79 Å². The smallest absolute Gasteiger partial charge is 0.221 e. The Bertz CT molecular complexity index is 455. The summed E-state index contributed by atoms with van der Waals surface area (Å²) in [5, 5.41) is 2.97. The van der Waals surface area contributed by atoms with Gasteiger partial charge < -0.3 is 10.2 Å². The Balaban J connectivity index is 1.74. The molecule has 0 saturated carbocycles. The van der Waals surface area contributed by atoms with Gasteiger partial charge in [0, 0.05) is 51.4 Å². The highest BCUT2D eigenvalue weighted by Gasteiger charge is 2.13. The highest BCUT2D eigenvalue weighted by atomic mass is 32.2. The van der Waals surface area contributed by atoms with E-state index >= 15 is 0 Å². The Morgan fingerprint density at radius 2 is 1.77 bits per heavy atom. The van der Waals surface area contributed by atoms with Crippen molar-refractivity contribution in [1.82, 2.24) is 15.1 Å². The Kier molecular flexibility index (Phi) is 7.22. The van der Waals surface area contributed by atoms with Gasteiger partial charge in [0.15, 0.2) is 0 Å². The third-order valence-corrected chi connectivity index (χ3v) is 4.66. The van der Waals surface area contributed by atoms with Crippen LogP contribution >= 0.6 is 11.8 Å². The van der Waals surface area contributed by atoms with Crippen LogP contribution in [0, 0.1) is 0 Å². The Labute approximate surface area is 138 Å². The van der Waals surface area contributed by atoms with Gasteiger partial charge in [0.25, 0.3) is 0 Å².